The summed E-state index contributed by atoms with van der Waals surface area (Å²) in [6.07, 6.45) is 3.54. The van der Waals surface area contributed by atoms with Gasteiger partial charge in [-0.2, -0.15) is 0 Å². The number of amides is 1. The number of methoxy groups -OCH3 is 1. The van der Waals surface area contributed by atoms with Crippen molar-refractivity contribution in [3.8, 4) is 11.1 Å². The Morgan fingerprint density at radius 3 is 2.58 bits per heavy atom. The number of carbonyl (C=O) groups is 1. The van der Waals surface area contributed by atoms with Crippen LogP contribution in [0.15, 0.2) is 48.8 Å². The maximum atomic E-state index is 12.3. The maximum absolute atomic E-state index is 12.3. The largest absolute Gasteiger partial charge is 0.383 e. The molecule has 130 valence electrons. The normalized spacial score (nSPS) is 11.5. The summed E-state index contributed by atoms with van der Waals surface area (Å²) < 4.78 is 4.97. The summed E-state index contributed by atoms with van der Waals surface area (Å²) in [7, 11) is 1.54. The van der Waals surface area contributed by atoms with Crippen LogP contribution in [0.5, 0.6) is 0 Å². The first-order valence-electron chi connectivity index (χ1n) is 7.68. The third-order valence-corrected chi connectivity index (χ3v) is 3.67. The van der Waals surface area contributed by atoms with Gasteiger partial charge >= 0.3 is 0 Å². The van der Waals surface area contributed by atoms with Crippen LogP contribution in [0.4, 0.5) is 0 Å². The monoisotopic (exact) mass is 349 g/mol. The zero-order chi connectivity index (χ0) is 16.7. The van der Waals surface area contributed by atoms with Crippen molar-refractivity contribution in [2.24, 2.45) is 5.73 Å². The minimum atomic E-state index is -0.622. The van der Waals surface area contributed by atoms with Crippen molar-refractivity contribution in [2.75, 3.05) is 20.3 Å². The van der Waals surface area contributed by atoms with Crippen LogP contribution in [0.3, 0.4) is 0 Å². The van der Waals surface area contributed by atoms with Crippen molar-refractivity contribution >= 4 is 18.3 Å². The fourth-order valence-electron chi connectivity index (χ4n) is 2.44. The van der Waals surface area contributed by atoms with E-state index in [9.17, 15) is 4.79 Å². The maximum Gasteiger partial charge on any atom is 0.242 e. The molecule has 1 unspecified atom stereocenters. The number of ether oxygens (including phenoxy) is 1. The van der Waals surface area contributed by atoms with Crippen LogP contribution in [-0.4, -0.2) is 42.1 Å². The topological polar surface area (TPSA) is 68.5 Å². The lowest BCUT2D eigenvalue weighted by atomic mass is 10.0. The molecule has 0 fully saturated rings. The quantitative estimate of drug-likeness (QED) is 0.833. The molecular formula is C18H24ClN3O2. The molecule has 0 aliphatic carbocycles. The summed E-state index contributed by atoms with van der Waals surface area (Å²) in [5.41, 5.74) is 9.13. The molecule has 0 aliphatic heterocycles. The molecule has 1 atom stereocenters. The van der Waals surface area contributed by atoms with E-state index in [2.05, 4.69) is 11.1 Å². The average Bonchev–Trinajstić information content (AvgIpc) is 2.60. The number of hydrogen-bond acceptors (Lipinski definition) is 4. The highest BCUT2D eigenvalue weighted by Gasteiger charge is 2.19. The van der Waals surface area contributed by atoms with Gasteiger partial charge in [0.1, 0.15) is 6.04 Å². The predicted molar refractivity (Wildman–Crippen MR) is 97.9 cm³/mol. The molecule has 1 heterocycles. The summed E-state index contributed by atoms with van der Waals surface area (Å²) in [5, 5.41) is 0. The van der Waals surface area contributed by atoms with Crippen molar-refractivity contribution in [2.45, 2.75) is 19.5 Å². The highest BCUT2D eigenvalue weighted by molar-refractivity contribution is 5.85. The molecule has 0 saturated heterocycles. The fraction of sp³-hybridized carbons (Fsp3) is 0.333. The van der Waals surface area contributed by atoms with Crippen LogP contribution in [0, 0.1) is 0 Å². The first kappa shape index (κ1) is 20.1. The van der Waals surface area contributed by atoms with Gasteiger partial charge in [0.15, 0.2) is 0 Å². The molecule has 0 spiro atoms. The zero-order valence-corrected chi connectivity index (χ0v) is 14.8. The van der Waals surface area contributed by atoms with Crippen LogP contribution in [-0.2, 0) is 16.1 Å². The van der Waals surface area contributed by atoms with Gasteiger partial charge in [-0.05, 0) is 41.8 Å². The van der Waals surface area contributed by atoms with E-state index in [0.717, 1.165) is 16.7 Å². The third-order valence-electron chi connectivity index (χ3n) is 3.67. The summed E-state index contributed by atoms with van der Waals surface area (Å²) in [6, 6.07) is 11.5. The van der Waals surface area contributed by atoms with E-state index >= 15 is 0 Å². The summed E-state index contributed by atoms with van der Waals surface area (Å²) in [4.78, 5) is 18.1. The van der Waals surface area contributed by atoms with Gasteiger partial charge in [0.2, 0.25) is 5.91 Å². The van der Waals surface area contributed by atoms with Crippen molar-refractivity contribution in [3.63, 3.8) is 0 Å². The molecule has 2 N–H and O–H groups in total. The van der Waals surface area contributed by atoms with E-state index in [1.54, 1.807) is 24.4 Å². The Labute approximate surface area is 149 Å². The molecule has 1 amide bonds. The van der Waals surface area contributed by atoms with Crippen LogP contribution in [0.25, 0.3) is 11.1 Å². The Morgan fingerprint density at radius 1 is 1.25 bits per heavy atom. The molecule has 0 aliphatic rings. The second kappa shape index (κ2) is 10.0. The van der Waals surface area contributed by atoms with E-state index in [-0.39, 0.29) is 24.9 Å². The lowest BCUT2D eigenvalue weighted by molar-refractivity contribution is -0.134. The number of carbonyl (C=O) groups excluding carboxylic acids is 1. The van der Waals surface area contributed by atoms with Gasteiger partial charge in [-0.15, -0.1) is 12.4 Å². The fourth-order valence-corrected chi connectivity index (χ4v) is 2.44. The minimum Gasteiger partial charge on any atom is -0.383 e. The van der Waals surface area contributed by atoms with Gasteiger partial charge < -0.3 is 15.4 Å². The van der Waals surface area contributed by atoms with Crippen LogP contribution >= 0.6 is 12.4 Å². The number of rotatable bonds is 7. The number of hydrogen-bond donors (Lipinski definition) is 1. The van der Waals surface area contributed by atoms with Gasteiger partial charge in [0.25, 0.3) is 0 Å². The van der Waals surface area contributed by atoms with Crippen LogP contribution < -0.4 is 5.73 Å². The van der Waals surface area contributed by atoms with Crippen molar-refractivity contribution in [3.05, 3.63) is 54.4 Å². The number of aromatic nitrogens is 1. The van der Waals surface area contributed by atoms with E-state index < -0.39 is 6.04 Å². The lowest BCUT2D eigenvalue weighted by Crippen LogP contribution is -2.45. The number of pyridine rings is 1. The smallest absolute Gasteiger partial charge is 0.242 e. The SMILES string of the molecule is CCN(Cc1cccc(-c2ccncc2)c1)C(=O)C(N)COC.Cl. The third kappa shape index (κ3) is 5.30. The number of benzene rings is 1. The highest BCUT2D eigenvalue weighted by atomic mass is 35.5. The molecule has 2 rings (SSSR count). The highest BCUT2D eigenvalue weighted by Crippen LogP contribution is 2.20. The Kier molecular flexibility index (Phi) is 8.40. The van der Waals surface area contributed by atoms with E-state index in [0.29, 0.717) is 13.1 Å². The average molecular weight is 350 g/mol. The number of nitrogens with two attached hydrogens (primary N) is 1. The Hall–Kier alpha value is -1.95. The second-order valence-electron chi connectivity index (χ2n) is 5.35. The molecule has 1 aromatic carbocycles. The Bertz CT molecular complexity index is 637. The molecule has 2 aromatic rings. The number of halogens is 1. The second-order valence-corrected chi connectivity index (χ2v) is 5.35. The van der Waals surface area contributed by atoms with Crippen molar-refractivity contribution in [1.29, 1.82) is 0 Å². The molecule has 5 nitrogen and oxygen atoms in total. The van der Waals surface area contributed by atoms with Gasteiger partial charge in [0, 0.05) is 32.6 Å². The van der Waals surface area contributed by atoms with Gasteiger partial charge in [-0.3, -0.25) is 9.78 Å². The van der Waals surface area contributed by atoms with Crippen LogP contribution in [0.2, 0.25) is 0 Å². The summed E-state index contributed by atoms with van der Waals surface area (Å²) in [6.45, 7) is 3.32. The molecular weight excluding hydrogens is 326 g/mol. The van der Waals surface area contributed by atoms with Crippen molar-refractivity contribution in [1.82, 2.24) is 9.88 Å². The molecule has 1 aromatic heterocycles. The van der Waals surface area contributed by atoms with Gasteiger partial charge in [0.05, 0.1) is 6.61 Å². The van der Waals surface area contributed by atoms with Gasteiger partial charge in [-0.1, -0.05) is 18.2 Å². The minimum absolute atomic E-state index is 0. The van der Waals surface area contributed by atoms with E-state index in [1.165, 1.54) is 0 Å². The predicted octanol–water partition coefficient (Wildman–Crippen LogP) is 2.49. The first-order valence-corrected chi connectivity index (χ1v) is 7.68. The lowest BCUT2D eigenvalue weighted by Gasteiger charge is -2.24. The number of nitrogens with zero attached hydrogens (tertiary/aromatic N) is 2. The molecule has 0 bridgehead atoms. The standard InChI is InChI=1S/C18H23N3O2.ClH/c1-3-21(18(22)17(19)13-23-2)12-14-5-4-6-16(11-14)15-7-9-20-10-8-15;/h4-11,17H,3,12-13,19H2,1-2H3;1H. The molecule has 6 heteroatoms. The van der Waals surface area contributed by atoms with Crippen molar-refractivity contribution < 1.29 is 9.53 Å². The molecule has 0 radical (unpaired) electrons. The molecule has 0 saturated carbocycles. The summed E-state index contributed by atoms with van der Waals surface area (Å²) >= 11 is 0. The van der Waals surface area contributed by atoms with Crippen LogP contribution in [0.1, 0.15) is 12.5 Å². The van der Waals surface area contributed by atoms with E-state index in [4.69, 9.17) is 10.5 Å². The Balaban J connectivity index is 0.00000288. The number of likely N-dealkylation sites (N-methyl/N-ethyl adjacent to an activating group) is 1. The van der Waals surface area contributed by atoms with Gasteiger partial charge in [-0.25, -0.2) is 0 Å². The Morgan fingerprint density at radius 2 is 1.96 bits per heavy atom. The summed E-state index contributed by atoms with van der Waals surface area (Å²) in [5.74, 6) is -0.0938. The first-order chi connectivity index (χ1) is 11.2. The zero-order valence-electron chi connectivity index (χ0n) is 14.0. The molecule has 24 heavy (non-hydrogen) atoms. The van der Waals surface area contributed by atoms with E-state index in [1.807, 2.05) is 37.3 Å².